The van der Waals surface area contributed by atoms with Crippen molar-refractivity contribution in [1.82, 2.24) is 4.90 Å². The predicted molar refractivity (Wildman–Crippen MR) is 125 cm³/mol. The lowest BCUT2D eigenvalue weighted by molar-refractivity contribution is -0.123. The number of halogens is 2. The Labute approximate surface area is 194 Å². The van der Waals surface area contributed by atoms with Gasteiger partial charge in [-0.15, -0.1) is 0 Å². The molecule has 0 saturated carbocycles. The van der Waals surface area contributed by atoms with Crippen molar-refractivity contribution in [3.63, 3.8) is 0 Å². The first kappa shape index (κ1) is 21.5. The Morgan fingerprint density at radius 2 is 1.61 bits per heavy atom. The lowest BCUT2D eigenvalue weighted by Crippen LogP contribution is -2.27. The van der Waals surface area contributed by atoms with Crippen LogP contribution in [0.1, 0.15) is 16.7 Å². The summed E-state index contributed by atoms with van der Waals surface area (Å²) < 4.78 is 5.95. The van der Waals surface area contributed by atoms with Crippen molar-refractivity contribution in [1.29, 1.82) is 0 Å². The van der Waals surface area contributed by atoms with Gasteiger partial charge in [0.15, 0.2) is 0 Å². The number of hydrogen-bond acceptors (Lipinski definition) is 4. The number of carbonyl (C=O) groups excluding carboxylic acids is 2. The van der Waals surface area contributed by atoms with E-state index < -0.39 is 0 Å². The number of benzene rings is 3. The Kier molecular flexibility index (Phi) is 6.66. The quantitative estimate of drug-likeness (QED) is 0.372. The second-order valence-electron chi connectivity index (χ2n) is 6.81. The maximum absolute atomic E-state index is 12.9. The molecule has 3 aromatic carbocycles. The van der Waals surface area contributed by atoms with Crippen molar-refractivity contribution in [2.45, 2.75) is 13.2 Å². The molecule has 1 heterocycles. The zero-order valence-electron chi connectivity index (χ0n) is 16.3. The molecule has 2 amide bonds. The van der Waals surface area contributed by atoms with Crippen molar-refractivity contribution in [2.24, 2.45) is 0 Å². The molecule has 1 aliphatic rings. The van der Waals surface area contributed by atoms with Crippen LogP contribution in [0.2, 0.25) is 10.0 Å². The van der Waals surface area contributed by atoms with Crippen molar-refractivity contribution >= 4 is 52.2 Å². The van der Waals surface area contributed by atoms with Gasteiger partial charge < -0.3 is 4.74 Å². The highest BCUT2D eigenvalue weighted by atomic mass is 35.5. The van der Waals surface area contributed by atoms with E-state index >= 15 is 0 Å². The van der Waals surface area contributed by atoms with E-state index in [4.69, 9.17) is 27.9 Å². The molecule has 0 unspecified atom stereocenters. The number of carbonyl (C=O) groups is 2. The van der Waals surface area contributed by atoms with E-state index in [9.17, 15) is 9.59 Å². The fraction of sp³-hybridized carbons (Fsp3) is 0.0833. The second-order valence-corrected chi connectivity index (χ2v) is 8.65. The van der Waals surface area contributed by atoms with Crippen LogP contribution in [0, 0.1) is 0 Å². The molecule has 3 aromatic rings. The van der Waals surface area contributed by atoms with E-state index in [-0.39, 0.29) is 17.7 Å². The Balaban J connectivity index is 1.52. The van der Waals surface area contributed by atoms with Gasteiger partial charge in [0.25, 0.3) is 11.1 Å². The summed E-state index contributed by atoms with van der Waals surface area (Å²) in [5.41, 5.74) is 2.41. The smallest absolute Gasteiger partial charge is 0.293 e. The second kappa shape index (κ2) is 9.60. The molecular formula is C24H17Cl2NO3S. The summed E-state index contributed by atoms with van der Waals surface area (Å²) in [5.74, 6) is 0.276. The summed E-state index contributed by atoms with van der Waals surface area (Å²) >= 11 is 13.0. The van der Waals surface area contributed by atoms with Gasteiger partial charge in [-0.05, 0) is 47.7 Å². The zero-order chi connectivity index (χ0) is 21.8. The van der Waals surface area contributed by atoms with E-state index in [1.807, 2.05) is 48.5 Å². The first-order valence-electron chi connectivity index (χ1n) is 9.46. The molecule has 7 heteroatoms. The molecule has 31 heavy (non-hydrogen) atoms. The van der Waals surface area contributed by atoms with Gasteiger partial charge in [-0.3, -0.25) is 14.5 Å². The van der Waals surface area contributed by atoms with Crippen LogP contribution >= 0.6 is 35.0 Å². The van der Waals surface area contributed by atoms with Crippen LogP contribution in [-0.4, -0.2) is 16.0 Å². The summed E-state index contributed by atoms with van der Waals surface area (Å²) in [5, 5.41) is 0.926. The molecule has 0 atom stereocenters. The van der Waals surface area contributed by atoms with E-state index in [2.05, 4.69) is 0 Å². The van der Waals surface area contributed by atoms with Crippen LogP contribution in [0.5, 0.6) is 5.75 Å². The van der Waals surface area contributed by atoms with Gasteiger partial charge in [0.05, 0.1) is 11.4 Å². The van der Waals surface area contributed by atoms with Crippen LogP contribution in [-0.2, 0) is 17.9 Å². The Bertz CT molecular complexity index is 1160. The summed E-state index contributed by atoms with van der Waals surface area (Å²) in [4.78, 5) is 26.9. The number of amides is 2. The maximum Gasteiger partial charge on any atom is 0.293 e. The number of para-hydroxylation sites is 1. The minimum atomic E-state index is -0.328. The molecule has 4 nitrogen and oxygen atoms in total. The van der Waals surface area contributed by atoms with Crippen LogP contribution in [0.15, 0.2) is 77.7 Å². The molecule has 0 spiro atoms. The fourth-order valence-corrected chi connectivity index (χ4v) is 4.20. The van der Waals surface area contributed by atoms with E-state index in [0.29, 0.717) is 32.9 Å². The normalized spacial score (nSPS) is 15.0. The molecule has 4 rings (SSSR count). The predicted octanol–water partition coefficient (Wildman–Crippen LogP) is 6.81. The van der Waals surface area contributed by atoms with Crippen LogP contribution in [0.4, 0.5) is 4.79 Å². The molecule has 0 radical (unpaired) electrons. The molecule has 0 N–H and O–H groups in total. The monoisotopic (exact) mass is 469 g/mol. The van der Waals surface area contributed by atoms with Gasteiger partial charge in [0.2, 0.25) is 0 Å². The van der Waals surface area contributed by atoms with E-state index in [1.165, 1.54) is 4.90 Å². The molecule has 0 aliphatic carbocycles. The lowest BCUT2D eigenvalue weighted by atomic mass is 10.1. The third kappa shape index (κ3) is 5.13. The molecular weight excluding hydrogens is 453 g/mol. The Morgan fingerprint density at radius 3 is 2.39 bits per heavy atom. The van der Waals surface area contributed by atoms with E-state index in [1.54, 1.807) is 30.3 Å². The van der Waals surface area contributed by atoms with Crippen molar-refractivity contribution in [3.05, 3.63) is 104 Å². The molecule has 0 bridgehead atoms. The molecule has 0 aromatic heterocycles. The number of ether oxygens (including phenoxy) is 1. The Hall–Kier alpha value is -2.73. The lowest BCUT2D eigenvalue weighted by Gasteiger charge is -2.12. The summed E-state index contributed by atoms with van der Waals surface area (Å²) in [6.07, 6.45) is 1.69. The Morgan fingerprint density at radius 1 is 0.903 bits per heavy atom. The molecule has 1 aliphatic heterocycles. The van der Waals surface area contributed by atoms with Crippen molar-refractivity contribution in [2.75, 3.05) is 0 Å². The zero-order valence-corrected chi connectivity index (χ0v) is 18.6. The van der Waals surface area contributed by atoms with Gasteiger partial charge >= 0.3 is 0 Å². The fourth-order valence-electron chi connectivity index (χ4n) is 3.05. The van der Waals surface area contributed by atoms with Gasteiger partial charge in [-0.25, -0.2) is 0 Å². The SMILES string of the molecule is O=C1S/C(=C\c2ccccc2OCc2ccccc2Cl)C(=O)N1Cc1ccc(Cl)cc1. The van der Waals surface area contributed by atoms with Gasteiger partial charge in [0, 0.05) is 21.2 Å². The molecule has 1 saturated heterocycles. The highest BCUT2D eigenvalue weighted by molar-refractivity contribution is 8.18. The average Bonchev–Trinajstić information content (AvgIpc) is 3.03. The van der Waals surface area contributed by atoms with Gasteiger partial charge in [-0.2, -0.15) is 0 Å². The first-order valence-corrected chi connectivity index (χ1v) is 11.0. The standard InChI is InChI=1S/C24H17Cl2NO3S/c25-19-11-9-16(10-12-19)14-27-23(28)22(31-24(27)29)13-17-5-2-4-8-21(17)30-15-18-6-1-3-7-20(18)26/h1-13H,14-15H2/b22-13-. The highest BCUT2D eigenvalue weighted by Gasteiger charge is 2.35. The van der Waals surface area contributed by atoms with Gasteiger partial charge in [-0.1, -0.05) is 71.7 Å². The number of hydrogen-bond donors (Lipinski definition) is 0. The van der Waals surface area contributed by atoms with Crippen LogP contribution in [0.25, 0.3) is 6.08 Å². The molecule has 156 valence electrons. The first-order chi connectivity index (χ1) is 15.0. The third-order valence-electron chi connectivity index (χ3n) is 4.67. The van der Waals surface area contributed by atoms with Crippen molar-refractivity contribution in [3.8, 4) is 5.75 Å². The number of rotatable bonds is 6. The van der Waals surface area contributed by atoms with Gasteiger partial charge in [0.1, 0.15) is 12.4 Å². The topological polar surface area (TPSA) is 46.6 Å². The maximum atomic E-state index is 12.9. The summed E-state index contributed by atoms with van der Waals surface area (Å²) in [6, 6.07) is 21.9. The largest absolute Gasteiger partial charge is 0.488 e. The third-order valence-corrected chi connectivity index (χ3v) is 6.20. The molecule has 1 fully saturated rings. The highest BCUT2D eigenvalue weighted by Crippen LogP contribution is 2.35. The minimum Gasteiger partial charge on any atom is -0.488 e. The van der Waals surface area contributed by atoms with Crippen LogP contribution < -0.4 is 4.74 Å². The number of nitrogens with zero attached hydrogens (tertiary/aromatic N) is 1. The number of imide groups is 1. The summed E-state index contributed by atoms with van der Waals surface area (Å²) in [7, 11) is 0. The number of thioether (sulfide) groups is 1. The van der Waals surface area contributed by atoms with Crippen molar-refractivity contribution < 1.29 is 14.3 Å². The average molecular weight is 470 g/mol. The summed E-state index contributed by atoms with van der Waals surface area (Å²) in [6.45, 7) is 0.492. The minimum absolute atomic E-state index is 0.198. The van der Waals surface area contributed by atoms with Crippen LogP contribution in [0.3, 0.4) is 0 Å². The van der Waals surface area contributed by atoms with E-state index in [0.717, 1.165) is 22.9 Å².